The van der Waals surface area contributed by atoms with Crippen LogP contribution in [-0.4, -0.2) is 19.3 Å². The molecule has 0 aromatic heterocycles. The van der Waals surface area contributed by atoms with Crippen LogP contribution in [0.1, 0.15) is 19.4 Å². The molecule has 0 aliphatic carbocycles. The van der Waals surface area contributed by atoms with Crippen molar-refractivity contribution < 1.29 is 4.74 Å². The zero-order valence-electron chi connectivity index (χ0n) is 9.37. The molecule has 0 spiro atoms. The van der Waals surface area contributed by atoms with Crippen LogP contribution >= 0.6 is 0 Å². The van der Waals surface area contributed by atoms with Crippen LogP contribution in [0.15, 0.2) is 24.3 Å². The van der Waals surface area contributed by atoms with Crippen molar-refractivity contribution in [2.45, 2.75) is 19.4 Å². The molecule has 0 fully saturated rings. The number of anilines is 1. The molecule has 80 valence electrons. The Hall–Kier alpha value is -1.53. The Morgan fingerprint density at radius 1 is 1.33 bits per heavy atom. The van der Waals surface area contributed by atoms with Crippen LogP contribution in [0.5, 0.6) is 0 Å². The first-order chi connectivity index (χ1) is 7.07. The molecule has 0 saturated heterocycles. The summed E-state index contributed by atoms with van der Waals surface area (Å²) in [5.74, 6) is 0. The molecular weight excluding hydrogens is 188 g/mol. The average Bonchev–Trinajstić information content (AvgIpc) is 2.18. The molecule has 15 heavy (non-hydrogen) atoms. The minimum atomic E-state index is -0.108. The first-order valence-corrected chi connectivity index (χ1v) is 4.85. The van der Waals surface area contributed by atoms with E-state index in [4.69, 9.17) is 10.00 Å². The molecule has 0 bridgehead atoms. The molecule has 1 aromatic carbocycles. The fourth-order valence-electron chi connectivity index (χ4n) is 1.42. The highest BCUT2D eigenvalue weighted by Crippen LogP contribution is 2.15. The lowest BCUT2D eigenvalue weighted by Crippen LogP contribution is -2.35. The van der Waals surface area contributed by atoms with E-state index < -0.39 is 0 Å². The van der Waals surface area contributed by atoms with Crippen LogP contribution in [-0.2, 0) is 4.74 Å². The Bertz CT molecular complexity index is 349. The zero-order valence-corrected chi connectivity index (χ0v) is 9.37. The van der Waals surface area contributed by atoms with E-state index in [2.05, 4.69) is 25.2 Å². The van der Waals surface area contributed by atoms with Gasteiger partial charge in [-0.1, -0.05) is 0 Å². The molecule has 1 N–H and O–H groups in total. The molecule has 0 radical (unpaired) electrons. The predicted octanol–water partition coefficient (Wildman–Crippen LogP) is 2.40. The molecule has 3 heteroatoms. The van der Waals surface area contributed by atoms with Crippen molar-refractivity contribution in [2.75, 3.05) is 19.0 Å². The van der Waals surface area contributed by atoms with E-state index in [-0.39, 0.29) is 5.54 Å². The number of nitrogens with zero attached hydrogens (tertiary/aromatic N) is 1. The maximum absolute atomic E-state index is 8.65. The van der Waals surface area contributed by atoms with E-state index in [1.165, 1.54) is 0 Å². The largest absolute Gasteiger partial charge is 0.382 e. The van der Waals surface area contributed by atoms with Crippen LogP contribution in [0.25, 0.3) is 0 Å². The fourth-order valence-corrected chi connectivity index (χ4v) is 1.42. The van der Waals surface area contributed by atoms with Crippen molar-refractivity contribution in [2.24, 2.45) is 0 Å². The van der Waals surface area contributed by atoms with Gasteiger partial charge in [-0.2, -0.15) is 5.26 Å². The summed E-state index contributed by atoms with van der Waals surface area (Å²) in [4.78, 5) is 0. The zero-order chi connectivity index (χ0) is 11.3. The second-order valence-electron chi connectivity index (χ2n) is 4.13. The van der Waals surface area contributed by atoms with Gasteiger partial charge in [0.1, 0.15) is 0 Å². The minimum absolute atomic E-state index is 0.108. The second kappa shape index (κ2) is 4.81. The second-order valence-corrected chi connectivity index (χ2v) is 4.13. The molecule has 3 nitrogen and oxygen atoms in total. The first kappa shape index (κ1) is 11.5. The third kappa shape index (κ3) is 3.61. The predicted molar refractivity (Wildman–Crippen MR) is 60.7 cm³/mol. The topological polar surface area (TPSA) is 45.0 Å². The van der Waals surface area contributed by atoms with Crippen LogP contribution in [0, 0.1) is 11.3 Å². The Labute approximate surface area is 90.7 Å². The number of rotatable bonds is 4. The first-order valence-electron chi connectivity index (χ1n) is 4.85. The number of methoxy groups -OCH3 is 1. The Morgan fingerprint density at radius 3 is 2.40 bits per heavy atom. The van der Waals surface area contributed by atoms with Gasteiger partial charge in [0, 0.05) is 12.8 Å². The van der Waals surface area contributed by atoms with Crippen LogP contribution < -0.4 is 5.32 Å². The number of ether oxygens (including phenoxy) is 1. The fraction of sp³-hybridized carbons (Fsp3) is 0.417. The molecule has 0 aliphatic rings. The van der Waals surface area contributed by atoms with E-state index in [0.717, 1.165) is 5.69 Å². The lowest BCUT2D eigenvalue weighted by atomic mass is 10.1. The minimum Gasteiger partial charge on any atom is -0.382 e. The van der Waals surface area contributed by atoms with Gasteiger partial charge in [-0.15, -0.1) is 0 Å². The summed E-state index contributed by atoms with van der Waals surface area (Å²) in [5, 5.41) is 12.0. The molecular formula is C12H16N2O. The number of nitriles is 1. The monoisotopic (exact) mass is 204 g/mol. The standard InChI is InChI=1S/C12H16N2O/c1-12(2,9-15-3)14-11-6-4-10(8-13)5-7-11/h4-7,14H,9H2,1-3H3. The van der Waals surface area contributed by atoms with Crippen molar-refractivity contribution in [3.05, 3.63) is 29.8 Å². The van der Waals surface area contributed by atoms with E-state index in [9.17, 15) is 0 Å². The van der Waals surface area contributed by atoms with Gasteiger partial charge in [-0.3, -0.25) is 0 Å². The molecule has 0 amide bonds. The van der Waals surface area contributed by atoms with Gasteiger partial charge in [0.15, 0.2) is 0 Å². The van der Waals surface area contributed by atoms with E-state index in [1.54, 1.807) is 19.2 Å². The Morgan fingerprint density at radius 2 is 1.93 bits per heavy atom. The molecule has 0 saturated carbocycles. The van der Waals surface area contributed by atoms with Crippen molar-refractivity contribution in [3.8, 4) is 6.07 Å². The summed E-state index contributed by atoms with van der Waals surface area (Å²) < 4.78 is 5.11. The van der Waals surface area contributed by atoms with Gasteiger partial charge in [0.25, 0.3) is 0 Å². The number of benzene rings is 1. The van der Waals surface area contributed by atoms with E-state index in [1.807, 2.05) is 12.1 Å². The van der Waals surface area contributed by atoms with Crippen molar-refractivity contribution in [1.29, 1.82) is 5.26 Å². The molecule has 0 atom stereocenters. The maximum atomic E-state index is 8.65. The number of hydrogen-bond acceptors (Lipinski definition) is 3. The lowest BCUT2D eigenvalue weighted by molar-refractivity contribution is 0.158. The molecule has 0 aliphatic heterocycles. The van der Waals surface area contributed by atoms with Gasteiger partial charge in [-0.05, 0) is 38.1 Å². The number of nitrogens with one attached hydrogen (secondary N) is 1. The lowest BCUT2D eigenvalue weighted by Gasteiger charge is -2.26. The number of hydrogen-bond donors (Lipinski definition) is 1. The van der Waals surface area contributed by atoms with Gasteiger partial charge < -0.3 is 10.1 Å². The van der Waals surface area contributed by atoms with Gasteiger partial charge in [-0.25, -0.2) is 0 Å². The van der Waals surface area contributed by atoms with Crippen molar-refractivity contribution >= 4 is 5.69 Å². The summed E-state index contributed by atoms with van der Waals surface area (Å²) in [6.45, 7) is 4.76. The highest BCUT2D eigenvalue weighted by Gasteiger charge is 2.16. The average molecular weight is 204 g/mol. The smallest absolute Gasteiger partial charge is 0.0991 e. The van der Waals surface area contributed by atoms with Crippen molar-refractivity contribution in [3.63, 3.8) is 0 Å². The summed E-state index contributed by atoms with van der Waals surface area (Å²) >= 11 is 0. The highest BCUT2D eigenvalue weighted by atomic mass is 16.5. The highest BCUT2D eigenvalue weighted by molar-refractivity contribution is 5.48. The Balaban J connectivity index is 2.69. The normalized spacial score (nSPS) is 10.8. The van der Waals surface area contributed by atoms with Crippen molar-refractivity contribution in [1.82, 2.24) is 0 Å². The van der Waals surface area contributed by atoms with Crippen LogP contribution in [0.4, 0.5) is 5.69 Å². The van der Waals surface area contributed by atoms with E-state index >= 15 is 0 Å². The molecule has 0 unspecified atom stereocenters. The maximum Gasteiger partial charge on any atom is 0.0991 e. The molecule has 1 rings (SSSR count). The summed E-state index contributed by atoms with van der Waals surface area (Å²) in [7, 11) is 1.68. The summed E-state index contributed by atoms with van der Waals surface area (Å²) in [6.07, 6.45) is 0. The molecule has 1 aromatic rings. The SMILES string of the molecule is COCC(C)(C)Nc1ccc(C#N)cc1. The third-order valence-electron chi connectivity index (χ3n) is 2.00. The summed E-state index contributed by atoms with van der Waals surface area (Å²) in [6, 6.07) is 9.48. The summed E-state index contributed by atoms with van der Waals surface area (Å²) in [5.41, 5.74) is 1.56. The van der Waals surface area contributed by atoms with Gasteiger partial charge in [0.2, 0.25) is 0 Å². The van der Waals surface area contributed by atoms with E-state index in [0.29, 0.717) is 12.2 Å². The van der Waals surface area contributed by atoms with Gasteiger partial charge >= 0.3 is 0 Å². The Kier molecular flexibility index (Phi) is 3.70. The quantitative estimate of drug-likeness (QED) is 0.819. The van der Waals surface area contributed by atoms with Crippen LogP contribution in [0.3, 0.4) is 0 Å². The molecule has 0 heterocycles. The van der Waals surface area contributed by atoms with Crippen LogP contribution in [0.2, 0.25) is 0 Å². The third-order valence-corrected chi connectivity index (χ3v) is 2.00. The van der Waals surface area contributed by atoms with Gasteiger partial charge in [0.05, 0.1) is 23.8 Å².